The smallest absolute Gasteiger partial charge is 0.239 e. The van der Waals surface area contributed by atoms with Gasteiger partial charge in [0.25, 0.3) is 0 Å². The third-order valence-corrected chi connectivity index (χ3v) is 5.08. The minimum Gasteiger partial charge on any atom is -0.342 e. The van der Waals surface area contributed by atoms with E-state index in [-0.39, 0.29) is 17.9 Å². The Morgan fingerprint density at radius 2 is 1.64 bits per heavy atom. The molecule has 124 valence electrons. The fraction of sp³-hybridized carbons (Fsp3) is 0.875. The monoisotopic (exact) mass is 308 g/mol. The maximum absolute atomic E-state index is 12.5. The van der Waals surface area contributed by atoms with E-state index in [1.807, 2.05) is 9.80 Å². The second-order valence-corrected chi connectivity index (χ2v) is 6.69. The quantitative estimate of drug-likeness (QED) is 0.791. The molecule has 0 aromatic heterocycles. The molecule has 0 bridgehead atoms. The lowest BCUT2D eigenvalue weighted by Gasteiger charge is -2.25. The van der Waals surface area contributed by atoms with E-state index in [2.05, 4.69) is 10.2 Å². The number of rotatable bonds is 3. The zero-order valence-electron chi connectivity index (χ0n) is 13.4. The van der Waals surface area contributed by atoms with Gasteiger partial charge in [-0.15, -0.1) is 0 Å². The van der Waals surface area contributed by atoms with Crippen LogP contribution in [0.2, 0.25) is 0 Å². The van der Waals surface area contributed by atoms with Crippen LogP contribution in [0.1, 0.15) is 32.1 Å². The molecule has 3 fully saturated rings. The predicted octanol–water partition coefficient (Wildman–Crippen LogP) is -0.105. The van der Waals surface area contributed by atoms with Gasteiger partial charge in [0.1, 0.15) is 0 Å². The van der Waals surface area contributed by atoms with Gasteiger partial charge in [0.05, 0.1) is 12.6 Å². The van der Waals surface area contributed by atoms with E-state index in [1.54, 1.807) is 0 Å². The molecule has 0 spiro atoms. The van der Waals surface area contributed by atoms with Gasteiger partial charge in [-0.3, -0.25) is 14.5 Å². The summed E-state index contributed by atoms with van der Waals surface area (Å²) < 4.78 is 0. The molecule has 3 rings (SSSR count). The van der Waals surface area contributed by atoms with Gasteiger partial charge >= 0.3 is 0 Å². The van der Waals surface area contributed by atoms with E-state index in [1.165, 1.54) is 0 Å². The highest BCUT2D eigenvalue weighted by Gasteiger charge is 2.29. The summed E-state index contributed by atoms with van der Waals surface area (Å²) >= 11 is 0. The minimum atomic E-state index is 0.0257. The molecule has 0 aromatic rings. The van der Waals surface area contributed by atoms with Crippen molar-refractivity contribution in [2.45, 2.75) is 38.1 Å². The lowest BCUT2D eigenvalue weighted by molar-refractivity contribution is -0.132. The highest BCUT2D eigenvalue weighted by atomic mass is 16.2. The highest BCUT2D eigenvalue weighted by Crippen LogP contribution is 2.12. The van der Waals surface area contributed by atoms with E-state index in [4.69, 9.17) is 0 Å². The Balaban J connectivity index is 1.46. The van der Waals surface area contributed by atoms with Gasteiger partial charge in [-0.25, -0.2) is 0 Å². The van der Waals surface area contributed by atoms with Crippen molar-refractivity contribution in [3.8, 4) is 0 Å². The summed E-state index contributed by atoms with van der Waals surface area (Å²) in [5.74, 6) is 0.514. The molecule has 0 aliphatic carbocycles. The van der Waals surface area contributed by atoms with Crippen molar-refractivity contribution in [2.75, 3.05) is 52.4 Å². The number of carbonyl (C=O) groups is 2. The second kappa shape index (κ2) is 7.42. The Bertz CT molecular complexity index is 403. The molecule has 3 saturated heterocycles. The molecule has 6 heteroatoms. The van der Waals surface area contributed by atoms with Crippen LogP contribution in [0.5, 0.6) is 0 Å². The van der Waals surface area contributed by atoms with E-state index in [0.717, 1.165) is 77.9 Å². The lowest BCUT2D eigenvalue weighted by atomic mass is 10.2. The van der Waals surface area contributed by atoms with Gasteiger partial charge in [0, 0.05) is 39.3 Å². The largest absolute Gasteiger partial charge is 0.342 e. The van der Waals surface area contributed by atoms with E-state index in [9.17, 15) is 9.59 Å². The van der Waals surface area contributed by atoms with Crippen molar-refractivity contribution in [1.82, 2.24) is 20.0 Å². The van der Waals surface area contributed by atoms with Crippen molar-refractivity contribution < 1.29 is 9.59 Å². The Morgan fingerprint density at radius 1 is 0.864 bits per heavy atom. The van der Waals surface area contributed by atoms with Gasteiger partial charge in [-0.05, 0) is 38.6 Å². The number of hydrogen-bond acceptors (Lipinski definition) is 4. The van der Waals surface area contributed by atoms with Gasteiger partial charge < -0.3 is 15.1 Å². The molecular formula is C16H28N4O2. The van der Waals surface area contributed by atoms with Crippen LogP contribution in [-0.4, -0.2) is 84.9 Å². The summed E-state index contributed by atoms with van der Waals surface area (Å²) in [4.78, 5) is 30.9. The van der Waals surface area contributed by atoms with Crippen molar-refractivity contribution >= 4 is 11.8 Å². The highest BCUT2D eigenvalue weighted by molar-refractivity contribution is 5.82. The molecule has 3 aliphatic heterocycles. The summed E-state index contributed by atoms with van der Waals surface area (Å²) in [7, 11) is 0. The average Bonchev–Trinajstić information content (AvgIpc) is 3.18. The first-order chi connectivity index (χ1) is 10.7. The SMILES string of the molecule is O=C(CN1CCCN(C(=O)[C@@H]2CCCN2)CC1)N1CCCC1. The van der Waals surface area contributed by atoms with Crippen LogP contribution in [0.25, 0.3) is 0 Å². The Labute approximate surface area is 132 Å². The van der Waals surface area contributed by atoms with E-state index < -0.39 is 0 Å². The Hall–Kier alpha value is -1.14. The molecule has 3 heterocycles. The van der Waals surface area contributed by atoms with Crippen LogP contribution in [0.15, 0.2) is 0 Å². The van der Waals surface area contributed by atoms with Crippen LogP contribution in [0.3, 0.4) is 0 Å². The first kappa shape index (κ1) is 15.7. The lowest BCUT2D eigenvalue weighted by Crippen LogP contribution is -2.45. The third kappa shape index (κ3) is 3.79. The zero-order valence-corrected chi connectivity index (χ0v) is 13.4. The molecule has 0 unspecified atom stereocenters. The molecule has 1 N–H and O–H groups in total. The van der Waals surface area contributed by atoms with Gasteiger partial charge in [0.15, 0.2) is 0 Å². The first-order valence-electron chi connectivity index (χ1n) is 8.76. The molecule has 0 radical (unpaired) electrons. The van der Waals surface area contributed by atoms with Crippen LogP contribution in [-0.2, 0) is 9.59 Å². The summed E-state index contributed by atoms with van der Waals surface area (Å²) in [5.41, 5.74) is 0. The molecule has 2 amide bonds. The zero-order chi connectivity index (χ0) is 15.4. The molecule has 1 atom stereocenters. The van der Waals surface area contributed by atoms with Crippen molar-refractivity contribution in [2.24, 2.45) is 0 Å². The number of hydrogen-bond donors (Lipinski definition) is 1. The number of nitrogens with one attached hydrogen (secondary N) is 1. The first-order valence-corrected chi connectivity index (χ1v) is 8.76. The van der Waals surface area contributed by atoms with Crippen molar-refractivity contribution in [3.05, 3.63) is 0 Å². The topological polar surface area (TPSA) is 55.9 Å². The number of amides is 2. The molecule has 6 nitrogen and oxygen atoms in total. The maximum atomic E-state index is 12.5. The molecule has 0 saturated carbocycles. The van der Waals surface area contributed by atoms with Crippen LogP contribution < -0.4 is 5.32 Å². The normalized spacial score (nSPS) is 27.2. The summed E-state index contributed by atoms with van der Waals surface area (Å²) in [6, 6.07) is 0.0257. The minimum absolute atomic E-state index is 0.0257. The maximum Gasteiger partial charge on any atom is 0.239 e. The molecule has 22 heavy (non-hydrogen) atoms. The summed E-state index contributed by atoms with van der Waals surface area (Å²) in [6.45, 7) is 6.63. The van der Waals surface area contributed by atoms with Crippen molar-refractivity contribution in [1.29, 1.82) is 0 Å². The fourth-order valence-corrected chi connectivity index (χ4v) is 3.72. The molecule has 3 aliphatic rings. The predicted molar refractivity (Wildman–Crippen MR) is 84.5 cm³/mol. The number of nitrogens with zero attached hydrogens (tertiary/aromatic N) is 3. The van der Waals surface area contributed by atoms with Gasteiger partial charge in [0.2, 0.25) is 11.8 Å². The standard InChI is InChI=1S/C16H28N4O2/c21-15(19-8-1-2-9-19)13-18-7-4-10-20(12-11-18)16(22)14-5-3-6-17-14/h14,17H,1-13H2/t14-/m0/s1. The van der Waals surface area contributed by atoms with E-state index in [0.29, 0.717) is 6.54 Å². The van der Waals surface area contributed by atoms with Crippen LogP contribution in [0, 0.1) is 0 Å². The van der Waals surface area contributed by atoms with Crippen LogP contribution in [0.4, 0.5) is 0 Å². The van der Waals surface area contributed by atoms with Crippen molar-refractivity contribution in [3.63, 3.8) is 0 Å². The molecular weight excluding hydrogens is 280 g/mol. The Morgan fingerprint density at radius 3 is 2.36 bits per heavy atom. The number of carbonyl (C=O) groups excluding carboxylic acids is 2. The summed E-state index contributed by atoms with van der Waals surface area (Å²) in [6.07, 6.45) is 5.31. The number of likely N-dealkylation sites (tertiary alicyclic amines) is 1. The summed E-state index contributed by atoms with van der Waals surface area (Å²) in [5, 5.41) is 3.29. The fourth-order valence-electron chi connectivity index (χ4n) is 3.72. The molecule has 0 aromatic carbocycles. The Kier molecular flexibility index (Phi) is 5.31. The van der Waals surface area contributed by atoms with Gasteiger partial charge in [-0.2, -0.15) is 0 Å². The second-order valence-electron chi connectivity index (χ2n) is 6.69. The third-order valence-electron chi connectivity index (χ3n) is 5.08. The van der Waals surface area contributed by atoms with E-state index >= 15 is 0 Å². The average molecular weight is 308 g/mol. The van der Waals surface area contributed by atoms with Gasteiger partial charge in [-0.1, -0.05) is 0 Å². The van der Waals surface area contributed by atoms with Crippen LogP contribution >= 0.6 is 0 Å².